The van der Waals surface area contributed by atoms with E-state index in [4.69, 9.17) is 0 Å². The first-order chi connectivity index (χ1) is 8.65. The molecule has 0 aliphatic heterocycles. The molecule has 0 radical (unpaired) electrons. The predicted octanol–water partition coefficient (Wildman–Crippen LogP) is 3.07. The third kappa shape index (κ3) is 3.23. The number of aromatic nitrogens is 1. The maximum atomic E-state index is 4.37. The molecule has 0 saturated carbocycles. The Balaban J connectivity index is 1.98. The lowest BCUT2D eigenvalue weighted by molar-refractivity contribution is 1.06. The molecule has 3 nitrogen and oxygen atoms in total. The second kappa shape index (κ2) is 5.54. The minimum atomic E-state index is 0.824. The Kier molecular flexibility index (Phi) is 3.82. The smallest absolute Gasteiger partial charge is 0.128 e. The number of nitrogens with one attached hydrogen (secondary N) is 1. The van der Waals surface area contributed by atoms with Gasteiger partial charge in [0.2, 0.25) is 0 Å². The predicted molar refractivity (Wildman–Crippen MR) is 77.1 cm³/mol. The molecule has 0 bridgehead atoms. The Bertz CT molecular complexity index is 503. The van der Waals surface area contributed by atoms with Crippen molar-refractivity contribution in [3.8, 4) is 0 Å². The van der Waals surface area contributed by atoms with Crippen LogP contribution in [0, 0.1) is 6.92 Å². The van der Waals surface area contributed by atoms with Crippen molar-refractivity contribution in [1.82, 2.24) is 4.98 Å². The summed E-state index contributed by atoms with van der Waals surface area (Å²) in [6.07, 6.45) is 1.87. The van der Waals surface area contributed by atoms with E-state index in [1.165, 1.54) is 11.1 Å². The molecule has 2 aromatic rings. The summed E-state index contributed by atoms with van der Waals surface area (Å²) in [5, 5.41) is 3.37. The lowest BCUT2D eigenvalue weighted by atomic mass is 10.1. The van der Waals surface area contributed by atoms with Crippen LogP contribution in [0.3, 0.4) is 0 Å². The maximum Gasteiger partial charge on any atom is 0.128 e. The number of aryl methyl sites for hydroxylation is 1. The second-order valence-corrected chi connectivity index (χ2v) is 4.64. The lowest BCUT2D eigenvalue weighted by Crippen LogP contribution is -2.10. The molecule has 2 rings (SSSR count). The van der Waals surface area contributed by atoms with Gasteiger partial charge in [-0.3, -0.25) is 0 Å². The van der Waals surface area contributed by atoms with Gasteiger partial charge in [0.1, 0.15) is 5.82 Å². The van der Waals surface area contributed by atoms with Gasteiger partial charge in [-0.2, -0.15) is 0 Å². The summed E-state index contributed by atoms with van der Waals surface area (Å²) in [5.41, 5.74) is 3.61. The summed E-state index contributed by atoms with van der Waals surface area (Å²) in [6.45, 7) is 2.93. The highest BCUT2D eigenvalue weighted by atomic mass is 15.1. The fourth-order valence-electron chi connectivity index (χ4n) is 1.78. The van der Waals surface area contributed by atoms with E-state index in [0.29, 0.717) is 0 Å². The van der Waals surface area contributed by atoms with Gasteiger partial charge in [-0.15, -0.1) is 0 Å². The zero-order chi connectivity index (χ0) is 13.0. The molecule has 0 fully saturated rings. The van der Waals surface area contributed by atoms with E-state index in [0.717, 1.165) is 18.1 Å². The molecule has 3 heteroatoms. The number of pyridine rings is 1. The molecular weight excluding hydrogens is 222 g/mol. The van der Waals surface area contributed by atoms with E-state index in [1.807, 2.05) is 31.3 Å². The van der Waals surface area contributed by atoms with Crippen molar-refractivity contribution in [1.29, 1.82) is 0 Å². The minimum Gasteiger partial charge on any atom is -0.380 e. The Labute approximate surface area is 108 Å². The molecule has 0 aliphatic carbocycles. The quantitative estimate of drug-likeness (QED) is 0.891. The first-order valence-corrected chi connectivity index (χ1v) is 6.08. The van der Waals surface area contributed by atoms with Gasteiger partial charge in [0.15, 0.2) is 0 Å². The molecule has 1 N–H and O–H groups in total. The monoisotopic (exact) mass is 241 g/mol. The van der Waals surface area contributed by atoms with Gasteiger partial charge in [-0.05, 0) is 24.6 Å². The molecule has 1 aromatic heterocycles. The Morgan fingerprint density at radius 3 is 2.61 bits per heavy atom. The molecule has 0 unspecified atom stereocenters. The van der Waals surface area contributed by atoms with Crippen LogP contribution in [0.15, 0.2) is 42.6 Å². The van der Waals surface area contributed by atoms with Crippen LogP contribution in [0.4, 0.5) is 11.5 Å². The standard InChI is InChI=1S/C15H19N3/c1-12-5-4-6-13(9-12)10-16-14-7-8-15(17-11-14)18(2)3/h4-9,11,16H,10H2,1-3H3. The summed E-state index contributed by atoms with van der Waals surface area (Å²) < 4.78 is 0. The SMILES string of the molecule is Cc1cccc(CNc2ccc(N(C)C)nc2)c1. The number of rotatable bonds is 4. The van der Waals surface area contributed by atoms with Crippen LogP contribution < -0.4 is 10.2 Å². The topological polar surface area (TPSA) is 28.2 Å². The highest BCUT2D eigenvalue weighted by Crippen LogP contribution is 2.13. The molecule has 0 aliphatic rings. The fourth-order valence-corrected chi connectivity index (χ4v) is 1.78. The maximum absolute atomic E-state index is 4.37. The van der Waals surface area contributed by atoms with Gasteiger partial charge in [-0.25, -0.2) is 4.98 Å². The van der Waals surface area contributed by atoms with Crippen molar-refractivity contribution in [2.45, 2.75) is 13.5 Å². The van der Waals surface area contributed by atoms with E-state index in [1.54, 1.807) is 0 Å². The van der Waals surface area contributed by atoms with Crippen molar-refractivity contribution in [3.05, 3.63) is 53.7 Å². The van der Waals surface area contributed by atoms with Gasteiger partial charge in [0, 0.05) is 20.6 Å². The molecule has 0 amide bonds. The van der Waals surface area contributed by atoms with E-state index in [9.17, 15) is 0 Å². The van der Waals surface area contributed by atoms with Crippen molar-refractivity contribution in [2.75, 3.05) is 24.3 Å². The van der Waals surface area contributed by atoms with Crippen LogP contribution in [0.5, 0.6) is 0 Å². The van der Waals surface area contributed by atoms with Crippen molar-refractivity contribution in [2.24, 2.45) is 0 Å². The van der Waals surface area contributed by atoms with Crippen LogP contribution in [-0.4, -0.2) is 19.1 Å². The van der Waals surface area contributed by atoms with Crippen LogP contribution in [0.1, 0.15) is 11.1 Å². The summed E-state index contributed by atoms with van der Waals surface area (Å²) in [4.78, 5) is 6.36. The fraction of sp³-hybridized carbons (Fsp3) is 0.267. The number of hydrogen-bond acceptors (Lipinski definition) is 3. The van der Waals surface area contributed by atoms with Crippen LogP contribution in [-0.2, 0) is 6.54 Å². The van der Waals surface area contributed by atoms with Crippen LogP contribution >= 0.6 is 0 Å². The summed E-state index contributed by atoms with van der Waals surface area (Å²) in [7, 11) is 3.98. The molecule has 94 valence electrons. The van der Waals surface area contributed by atoms with Crippen molar-refractivity contribution < 1.29 is 0 Å². The first kappa shape index (κ1) is 12.4. The zero-order valence-corrected chi connectivity index (χ0v) is 11.1. The third-order valence-corrected chi connectivity index (χ3v) is 2.79. The Morgan fingerprint density at radius 2 is 2.00 bits per heavy atom. The summed E-state index contributed by atoms with van der Waals surface area (Å²) >= 11 is 0. The van der Waals surface area contributed by atoms with E-state index >= 15 is 0 Å². The van der Waals surface area contributed by atoms with Gasteiger partial charge < -0.3 is 10.2 Å². The average molecular weight is 241 g/mol. The van der Waals surface area contributed by atoms with Gasteiger partial charge in [-0.1, -0.05) is 29.8 Å². The first-order valence-electron chi connectivity index (χ1n) is 6.08. The number of benzene rings is 1. The normalized spacial score (nSPS) is 10.2. The zero-order valence-electron chi connectivity index (χ0n) is 11.1. The van der Waals surface area contributed by atoms with Gasteiger partial charge in [0.25, 0.3) is 0 Å². The van der Waals surface area contributed by atoms with E-state index in [-0.39, 0.29) is 0 Å². The second-order valence-electron chi connectivity index (χ2n) is 4.64. The Hall–Kier alpha value is -2.03. The Morgan fingerprint density at radius 1 is 1.17 bits per heavy atom. The molecule has 1 heterocycles. The molecule has 1 aromatic carbocycles. The summed E-state index contributed by atoms with van der Waals surface area (Å²) in [6, 6.07) is 12.6. The number of nitrogens with zero attached hydrogens (tertiary/aromatic N) is 2. The highest BCUT2D eigenvalue weighted by molar-refractivity contribution is 5.48. The summed E-state index contributed by atoms with van der Waals surface area (Å²) in [5.74, 6) is 0.969. The minimum absolute atomic E-state index is 0.824. The number of anilines is 2. The van der Waals surface area contributed by atoms with Gasteiger partial charge >= 0.3 is 0 Å². The lowest BCUT2D eigenvalue weighted by Gasteiger charge is -2.12. The molecule has 18 heavy (non-hydrogen) atoms. The molecule has 0 spiro atoms. The molecule has 0 saturated heterocycles. The van der Waals surface area contributed by atoms with Crippen molar-refractivity contribution >= 4 is 11.5 Å². The van der Waals surface area contributed by atoms with Crippen LogP contribution in [0.25, 0.3) is 0 Å². The van der Waals surface area contributed by atoms with E-state index < -0.39 is 0 Å². The van der Waals surface area contributed by atoms with E-state index in [2.05, 4.69) is 47.6 Å². The molecule has 0 atom stereocenters. The molecular formula is C15H19N3. The average Bonchev–Trinajstić information content (AvgIpc) is 2.37. The van der Waals surface area contributed by atoms with Gasteiger partial charge in [0.05, 0.1) is 11.9 Å². The largest absolute Gasteiger partial charge is 0.380 e. The highest BCUT2D eigenvalue weighted by Gasteiger charge is 1.98. The number of hydrogen-bond donors (Lipinski definition) is 1. The van der Waals surface area contributed by atoms with Crippen molar-refractivity contribution in [3.63, 3.8) is 0 Å². The third-order valence-electron chi connectivity index (χ3n) is 2.79. The van der Waals surface area contributed by atoms with Crippen LogP contribution in [0.2, 0.25) is 0 Å².